The van der Waals surface area contributed by atoms with Gasteiger partial charge in [0, 0.05) is 12.2 Å². The molecule has 0 spiro atoms. The summed E-state index contributed by atoms with van der Waals surface area (Å²) in [4.78, 5) is 21.8. The quantitative estimate of drug-likeness (QED) is 0.691. The van der Waals surface area contributed by atoms with Crippen molar-refractivity contribution in [3.63, 3.8) is 0 Å². The molecule has 6 heteroatoms. The maximum Gasteiger partial charge on any atom is 0.270 e. The molecule has 76 valence electrons. The topological polar surface area (TPSA) is 104 Å². The summed E-state index contributed by atoms with van der Waals surface area (Å²) in [6.45, 7) is 3.73. The Kier molecular flexibility index (Phi) is 2.55. The van der Waals surface area contributed by atoms with Crippen molar-refractivity contribution in [2.24, 2.45) is 11.5 Å². The van der Waals surface area contributed by atoms with Gasteiger partial charge in [0.15, 0.2) is 5.69 Å². The molecule has 0 fully saturated rings. The van der Waals surface area contributed by atoms with E-state index in [1.54, 1.807) is 0 Å². The first-order chi connectivity index (χ1) is 6.43. The van der Waals surface area contributed by atoms with Crippen molar-refractivity contribution in [2.75, 3.05) is 0 Å². The predicted octanol–water partition coefficient (Wildman–Crippen LogP) is -0.338. The van der Waals surface area contributed by atoms with Crippen LogP contribution in [0.5, 0.6) is 0 Å². The van der Waals surface area contributed by atoms with E-state index in [0.29, 0.717) is 0 Å². The first-order valence-corrected chi connectivity index (χ1v) is 4.12. The molecule has 0 atom stereocenters. The lowest BCUT2D eigenvalue weighted by atomic mass is 10.2. The van der Waals surface area contributed by atoms with Gasteiger partial charge in [-0.1, -0.05) is 0 Å². The zero-order valence-electron chi connectivity index (χ0n) is 8.02. The van der Waals surface area contributed by atoms with Crippen LogP contribution in [0.25, 0.3) is 0 Å². The number of hydrogen-bond acceptors (Lipinski definition) is 3. The minimum Gasteiger partial charge on any atom is -0.365 e. The maximum atomic E-state index is 10.9. The van der Waals surface area contributed by atoms with Gasteiger partial charge in [0.1, 0.15) is 0 Å². The lowest BCUT2D eigenvalue weighted by molar-refractivity contribution is 0.0965. The van der Waals surface area contributed by atoms with Crippen molar-refractivity contribution in [2.45, 2.75) is 19.9 Å². The number of amides is 2. The Balaban J connectivity index is 3.26. The Morgan fingerprint density at radius 2 is 1.93 bits per heavy atom. The monoisotopic (exact) mass is 196 g/mol. The van der Waals surface area contributed by atoms with Crippen molar-refractivity contribution in [3.05, 3.63) is 17.5 Å². The van der Waals surface area contributed by atoms with Gasteiger partial charge in [-0.25, -0.2) is 0 Å². The zero-order chi connectivity index (χ0) is 10.9. The smallest absolute Gasteiger partial charge is 0.270 e. The molecular formula is C8H12N4O2. The van der Waals surface area contributed by atoms with E-state index in [0.717, 1.165) is 0 Å². The molecule has 0 saturated heterocycles. The van der Waals surface area contributed by atoms with Crippen LogP contribution >= 0.6 is 0 Å². The van der Waals surface area contributed by atoms with Gasteiger partial charge in [-0.2, -0.15) is 5.10 Å². The molecule has 0 aliphatic carbocycles. The second kappa shape index (κ2) is 3.49. The third kappa shape index (κ3) is 1.73. The summed E-state index contributed by atoms with van der Waals surface area (Å²) in [5, 5.41) is 3.87. The fourth-order valence-corrected chi connectivity index (χ4v) is 1.02. The van der Waals surface area contributed by atoms with Gasteiger partial charge in [0.05, 0.1) is 5.56 Å². The highest BCUT2D eigenvalue weighted by Crippen LogP contribution is 2.10. The van der Waals surface area contributed by atoms with Crippen LogP contribution in [0, 0.1) is 0 Å². The Hall–Kier alpha value is -1.85. The van der Waals surface area contributed by atoms with E-state index >= 15 is 0 Å². The highest BCUT2D eigenvalue weighted by molar-refractivity contribution is 6.04. The van der Waals surface area contributed by atoms with Gasteiger partial charge in [-0.15, -0.1) is 0 Å². The fourth-order valence-electron chi connectivity index (χ4n) is 1.02. The van der Waals surface area contributed by atoms with Gasteiger partial charge >= 0.3 is 0 Å². The number of carbonyl (C=O) groups is 2. The van der Waals surface area contributed by atoms with E-state index in [2.05, 4.69) is 5.10 Å². The molecular weight excluding hydrogens is 184 g/mol. The number of hydrogen-bond donors (Lipinski definition) is 2. The molecule has 0 unspecified atom stereocenters. The highest BCUT2D eigenvalue weighted by Gasteiger charge is 2.18. The van der Waals surface area contributed by atoms with Crippen molar-refractivity contribution >= 4 is 11.8 Å². The number of aromatic nitrogens is 2. The second-order valence-electron chi connectivity index (χ2n) is 3.19. The van der Waals surface area contributed by atoms with Crippen LogP contribution in [0.1, 0.15) is 40.7 Å². The van der Waals surface area contributed by atoms with Crippen LogP contribution in [-0.4, -0.2) is 21.6 Å². The standard InChI is InChI=1S/C8H12N4O2/c1-4(2)12-3-5(7(9)13)6(11-12)8(10)14/h3-4H,1-2H3,(H2,9,13)(H2,10,14). The first kappa shape index (κ1) is 10.2. The molecule has 4 N–H and O–H groups in total. The zero-order valence-corrected chi connectivity index (χ0v) is 8.02. The molecule has 6 nitrogen and oxygen atoms in total. The molecule has 0 radical (unpaired) electrons. The van der Waals surface area contributed by atoms with E-state index in [1.807, 2.05) is 13.8 Å². The van der Waals surface area contributed by atoms with Crippen LogP contribution in [0.3, 0.4) is 0 Å². The van der Waals surface area contributed by atoms with Crippen molar-refractivity contribution < 1.29 is 9.59 Å². The van der Waals surface area contributed by atoms with Gasteiger partial charge in [-0.05, 0) is 13.8 Å². The third-order valence-corrected chi connectivity index (χ3v) is 1.76. The van der Waals surface area contributed by atoms with Gasteiger partial charge < -0.3 is 11.5 Å². The normalized spacial score (nSPS) is 10.5. The summed E-state index contributed by atoms with van der Waals surface area (Å²) in [6, 6.07) is 0.0428. The number of primary amides is 2. The number of nitrogens with two attached hydrogens (primary N) is 2. The van der Waals surface area contributed by atoms with E-state index in [-0.39, 0.29) is 17.3 Å². The minimum atomic E-state index is -0.752. The molecule has 0 aromatic carbocycles. The summed E-state index contributed by atoms with van der Waals surface area (Å²) in [5.41, 5.74) is 10.1. The summed E-state index contributed by atoms with van der Waals surface area (Å²) in [7, 11) is 0. The molecule has 1 rings (SSSR count). The summed E-state index contributed by atoms with van der Waals surface area (Å²) in [5.74, 6) is -1.45. The summed E-state index contributed by atoms with van der Waals surface area (Å²) < 4.78 is 1.47. The van der Waals surface area contributed by atoms with Crippen LogP contribution in [0.4, 0.5) is 0 Å². The highest BCUT2D eigenvalue weighted by atomic mass is 16.2. The largest absolute Gasteiger partial charge is 0.365 e. The van der Waals surface area contributed by atoms with Gasteiger partial charge in [0.25, 0.3) is 11.8 Å². The molecule has 1 heterocycles. The first-order valence-electron chi connectivity index (χ1n) is 4.12. The Morgan fingerprint density at radius 3 is 2.21 bits per heavy atom. The minimum absolute atomic E-state index is 0.0428. The SMILES string of the molecule is CC(C)n1cc(C(N)=O)c(C(N)=O)n1. The van der Waals surface area contributed by atoms with Crippen LogP contribution in [0.2, 0.25) is 0 Å². The molecule has 2 amide bonds. The molecule has 14 heavy (non-hydrogen) atoms. The van der Waals surface area contributed by atoms with E-state index in [9.17, 15) is 9.59 Å². The lowest BCUT2D eigenvalue weighted by Gasteiger charge is -2.02. The average Bonchev–Trinajstić information content (AvgIpc) is 2.47. The van der Waals surface area contributed by atoms with Gasteiger partial charge in [-0.3, -0.25) is 14.3 Å². The molecule has 0 bridgehead atoms. The number of nitrogens with zero attached hydrogens (tertiary/aromatic N) is 2. The maximum absolute atomic E-state index is 10.9. The molecule has 0 saturated carbocycles. The van der Waals surface area contributed by atoms with Crippen LogP contribution < -0.4 is 11.5 Å². The lowest BCUT2D eigenvalue weighted by Crippen LogP contribution is -2.19. The van der Waals surface area contributed by atoms with Crippen molar-refractivity contribution in [1.82, 2.24) is 9.78 Å². The van der Waals surface area contributed by atoms with E-state index < -0.39 is 11.8 Å². The molecule has 0 aliphatic heterocycles. The molecule has 1 aromatic rings. The van der Waals surface area contributed by atoms with Crippen molar-refractivity contribution in [1.29, 1.82) is 0 Å². The van der Waals surface area contributed by atoms with Crippen molar-refractivity contribution in [3.8, 4) is 0 Å². The van der Waals surface area contributed by atoms with E-state index in [4.69, 9.17) is 11.5 Å². The molecule has 0 aliphatic rings. The van der Waals surface area contributed by atoms with Crippen LogP contribution in [0.15, 0.2) is 6.20 Å². The Morgan fingerprint density at radius 1 is 1.36 bits per heavy atom. The third-order valence-electron chi connectivity index (χ3n) is 1.76. The fraction of sp³-hybridized carbons (Fsp3) is 0.375. The Labute approximate surface area is 80.9 Å². The average molecular weight is 196 g/mol. The molecule has 1 aromatic heterocycles. The summed E-state index contributed by atoms with van der Waals surface area (Å²) in [6.07, 6.45) is 1.42. The number of rotatable bonds is 3. The second-order valence-corrected chi connectivity index (χ2v) is 3.19. The van der Waals surface area contributed by atoms with Crippen LogP contribution in [-0.2, 0) is 0 Å². The summed E-state index contributed by atoms with van der Waals surface area (Å²) >= 11 is 0. The Bertz CT molecular complexity index is 349. The van der Waals surface area contributed by atoms with E-state index in [1.165, 1.54) is 10.9 Å². The predicted molar refractivity (Wildman–Crippen MR) is 49.6 cm³/mol. The number of carbonyl (C=O) groups excluding carboxylic acids is 2. The van der Waals surface area contributed by atoms with Gasteiger partial charge in [0.2, 0.25) is 0 Å².